The summed E-state index contributed by atoms with van der Waals surface area (Å²) in [5.74, 6) is 0.300. The smallest absolute Gasteiger partial charge is 0.306 e. The quantitative estimate of drug-likeness (QED) is 0.173. The van der Waals surface area contributed by atoms with Crippen LogP contribution in [0.1, 0.15) is 20.3 Å². The molecule has 0 aromatic heterocycles. The predicted molar refractivity (Wildman–Crippen MR) is 89.7 cm³/mol. The first-order valence-corrected chi connectivity index (χ1v) is 10.9. The van der Waals surface area contributed by atoms with Gasteiger partial charge in [-0.15, -0.1) is 18.2 Å². The molecule has 1 atom stereocenters. The van der Waals surface area contributed by atoms with Gasteiger partial charge in [0.05, 0.1) is 19.5 Å². The molecule has 10 heteroatoms. The minimum atomic E-state index is -3.53. The lowest BCUT2D eigenvalue weighted by Gasteiger charge is -2.33. The summed E-state index contributed by atoms with van der Waals surface area (Å²) in [6.45, 7) is 7.92. The molecule has 0 heterocycles. The normalized spacial score (nSPS) is 15.2. The molecular weight excluding hydrogens is 351 g/mol. The number of alkyl halides is 1. The fraction of sp³-hybridized carbons (Fsp3) is 0.833. The second kappa shape index (κ2) is 10.8. The lowest BCUT2D eigenvalue weighted by atomic mass is 10.4. The Bertz CT molecular complexity index is 472. The molecule has 0 radical (unpaired) electrons. The van der Waals surface area contributed by atoms with Gasteiger partial charge < -0.3 is 4.52 Å². The molecule has 0 rings (SSSR count). The van der Waals surface area contributed by atoms with Crippen molar-refractivity contribution in [1.82, 2.24) is 9.76 Å². The highest BCUT2D eigenvalue weighted by Crippen LogP contribution is 2.47. The van der Waals surface area contributed by atoms with E-state index < -0.39 is 17.8 Å². The third-order valence-electron chi connectivity index (χ3n) is 2.55. The number of rotatable bonds is 13. The van der Waals surface area contributed by atoms with Crippen molar-refractivity contribution in [1.29, 1.82) is 0 Å². The Morgan fingerprint density at radius 2 is 2.05 bits per heavy atom. The van der Waals surface area contributed by atoms with E-state index in [1.165, 1.54) is 0 Å². The summed E-state index contributed by atoms with van der Waals surface area (Å²) in [6, 6.07) is -0.0587. The van der Waals surface area contributed by atoms with Crippen LogP contribution in [-0.2, 0) is 23.4 Å². The van der Waals surface area contributed by atoms with Crippen LogP contribution in [0.25, 0.3) is 0 Å². The molecule has 0 aliphatic heterocycles. The fourth-order valence-electron chi connectivity index (χ4n) is 1.63. The fourth-order valence-corrected chi connectivity index (χ4v) is 4.44. The number of hydrogen-bond acceptors (Lipinski definition) is 5. The molecule has 0 spiro atoms. The summed E-state index contributed by atoms with van der Waals surface area (Å²) in [5, 5.41) is 2.77. The first-order chi connectivity index (χ1) is 10.2. The molecule has 0 saturated carbocycles. The Morgan fingerprint density at radius 1 is 1.41 bits per heavy atom. The van der Waals surface area contributed by atoms with E-state index in [1.807, 2.05) is 13.8 Å². The van der Waals surface area contributed by atoms with Crippen LogP contribution in [-0.4, -0.2) is 57.6 Å². The van der Waals surface area contributed by atoms with E-state index in [9.17, 15) is 13.0 Å². The van der Waals surface area contributed by atoms with Crippen molar-refractivity contribution >= 4 is 29.4 Å². The molecule has 22 heavy (non-hydrogen) atoms. The average Bonchev–Trinajstić information content (AvgIpc) is 2.40. The SMILES string of the molecule is C=CCCOP(=O)(NCCOS(C)(=O)=O)N(CCCl)C(C)C. The van der Waals surface area contributed by atoms with Crippen molar-refractivity contribution in [2.75, 3.05) is 38.4 Å². The maximum Gasteiger partial charge on any atom is 0.343 e. The zero-order chi connectivity index (χ0) is 17.2. The molecular formula is C12H26ClN2O5PS. The molecule has 7 nitrogen and oxygen atoms in total. The number of nitrogens with zero attached hydrogens (tertiary/aromatic N) is 1. The molecule has 0 saturated heterocycles. The topological polar surface area (TPSA) is 84.9 Å². The molecule has 0 aliphatic carbocycles. The van der Waals surface area contributed by atoms with Crippen LogP contribution in [0.5, 0.6) is 0 Å². The van der Waals surface area contributed by atoms with Crippen molar-refractivity contribution in [3.05, 3.63) is 12.7 Å². The van der Waals surface area contributed by atoms with Crippen LogP contribution < -0.4 is 5.09 Å². The van der Waals surface area contributed by atoms with Crippen LogP contribution in [0, 0.1) is 0 Å². The van der Waals surface area contributed by atoms with Gasteiger partial charge in [-0.3, -0.25) is 8.75 Å². The Kier molecular flexibility index (Phi) is 10.8. The molecule has 132 valence electrons. The highest BCUT2D eigenvalue weighted by atomic mass is 35.5. The van der Waals surface area contributed by atoms with E-state index in [0.29, 0.717) is 18.8 Å². The van der Waals surface area contributed by atoms with Crippen LogP contribution in [0.3, 0.4) is 0 Å². The van der Waals surface area contributed by atoms with Gasteiger partial charge in [-0.1, -0.05) is 6.08 Å². The molecule has 1 N–H and O–H groups in total. The van der Waals surface area contributed by atoms with Crippen LogP contribution >= 0.6 is 19.3 Å². The lowest BCUT2D eigenvalue weighted by molar-refractivity contribution is 0.235. The first kappa shape index (κ1) is 22.1. The van der Waals surface area contributed by atoms with E-state index in [2.05, 4.69) is 15.8 Å². The standard InChI is InChI=1S/C12H26ClN2O5PS/c1-5-6-10-19-21(16,15(9-7-13)12(2)3)14-8-11-20-22(4,17)18/h5,12H,1,6-11H2,2-4H3,(H,14,16). The van der Waals surface area contributed by atoms with Crippen molar-refractivity contribution in [3.63, 3.8) is 0 Å². The van der Waals surface area contributed by atoms with Crippen molar-refractivity contribution in [3.8, 4) is 0 Å². The minimum absolute atomic E-state index is 0.0587. The van der Waals surface area contributed by atoms with Gasteiger partial charge in [-0.25, -0.2) is 9.76 Å². The third-order valence-corrected chi connectivity index (χ3v) is 5.81. The van der Waals surface area contributed by atoms with Crippen molar-refractivity contribution in [2.24, 2.45) is 0 Å². The van der Waals surface area contributed by atoms with Gasteiger partial charge in [0.25, 0.3) is 10.1 Å². The summed E-state index contributed by atoms with van der Waals surface area (Å²) in [7, 11) is -6.87. The molecule has 0 aliphatic rings. The maximum absolute atomic E-state index is 13.0. The Morgan fingerprint density at radius 3 is 2.50 bits per heavy atom. The molecule has 0 amide bonds. The van der Waals surface area contributed by atoms with Gasteiger partial charge >= 0.3 is 7.67 Å². The highest BCUT2D eigenvalue weighted by Gasteiger charge is 2.33. The first-order valence-electron chi connectivity index (χ1n) is 6.94. The number of hydrogen-bond donors (Lipinski definition) is 1. The van der Waals surface area contributed by atoms with Gasteiger partial charge in [0.2, 0.25) is 0 Å². The minimum Gasteiger partial charge on any atom is -0.306 e. The van der Waals surface area contributed by atoms with E-state index in [4.69, 9.17) is 16.1 Å². The molecule has 0 fully saturated rings. The van der Waals surface area contributed by atoms with E-state index >= 15 is 0 Å². The Labute approximate surface area is 138 Å². The summed E-state index contributed by atoms with van der Waals surface area (Å²) in [6.07, 6.45) is 3.18. The summed E-state index contributed by atoms with van der Waals surface area (Å²) in [4.78, 5) is 0. The molecule has 0 aromatic rings. The Hall–Kier alpha value is 0.0500. The zero-order valence-electron chi connectivity index (χ0n) is 13.3. The van der Waals surface area contributed by atoms with Gasteiger partial charge in [0.1, 0.15) is 0 Å². The predicted octanol–water partition coefficient (Wildman–Crippen LogP) is 2.20. The number of halogens is 1. The van der Waals surface area contributed by atoms with Gasteiger partial charge in [0.15, 0.2) is 0 Å². The van der Waals surface area contributed by atoms with Crippen LogP contribution in [0.15, 0.2) is 12.7 Å². The van der Waals surface area contributed by atoms with Crippen molar-refractivity contribution in [2.45, 2.75) is 26.3 Å². The summed E-state index contributed by atoms with van der Waals surface area (Å²) < 4.78 is 46.7. The van der Waals surface area contributed by atoms with Crippen LogP contribution in [0.2, 0.25) is 0 Å². The molecule has 0 aromatic carbocycles. The molecule has 0 bridgehead atoms. The van der Waals surface area contributed by atoms with Gasteiger partial charge in [0, 0.05) is 25.0 Å². The second-order valence-electron chi connectivity index (χ2n) is 4.81. The average molecular weight is 377 g/mol. The highest BCUT2D eigenvalue weighted by molar-refractivity contribution is 7.85. The summed E-state index contributed by atoms with van der Waals surface area (Å²) >= 11 is 5.76. The van der Waals surface area contributed by atoms with Gasteiger partial charge in [-0.2, -0.15) is 8.42 Å². The third kappa shape index (κ3) is 9.25. The maximum atomic E-state index is 13.0. The molecule has 1 unspecified atom stereocenters. The van der Waals surface area contributed by atoms with E-state index in [-0.39, 0.29) is 25.8 Å². The van der Waals surface area contributed by atoms with Crippen molar-refractivity contribution < 1.29 is 21.7 Å². The largest absolute Gasteiger partial charge is 0.343 e. The van der Waals surface area contributed by atoms with Crippen LogP contribution in [0.4, 0.5) is 0 Å². The Balaban J connectivity index is 4.83. The van der Waals surface area contributed by atoms with Gasteiger partial charge in [-0.05, 0) is 20.3 Å². The second-order valence-corrected chi connectivity index (χ2v) is 8.96. The monoisotopic (exact) mass is 376 g/mol. The number of nitrogens with one attached hydrogen (secondary N) is 1. The lowest BCUT2D eigenvalue weighted by Crippen LogP contribution is -2.37. The van der Waals surface area contributed by atoms with E-state index in [0.717, 1.165) is 6.26 Å². The van der Waals surface area contributed by atoms with E-state index in [1.54, 1.807) is 10.7 Å². The summed E-state index contributed by atoms with van der Waals surface area (Å²) in [5.41, 5.74) is 0. The zero-order valence-corrected chi connectivity index (χ0v) is 15.8.